The van der Waals surface area contributed by atoms with Crippen molar-refractivity contribution in [3.8, 4) is 0 Å². The fourth-order valence-electron chi connectivity index (χ4n) is 5.69. The molecular weight excluding hydrogens is 548 g/mol. The largest absolute Gasteiger partial charge is 0.423 e. The molecule has 43 heavy (non-hydrogen) atoms. The number of hydrogen-bond donors (Lipinski definition) is 1. The quantitative estimate of drug-likeness (QED) is 0.308. The van der Waals surface area contributed by atoms with E-state index in [9.17, 15) is 14.8 Å². The van der Waals surface area contributed by atoms with Crippen LogP contribution in [0.4, 0.5) is 11.4 Å². The number of benzene rings is 1. The van der Waals surface area contributed by atoms with Gasteiger partial charge in [-0.2, -0.15) is 0 Å². The van der Waals surface area contributed by atoms with Gasteiger partial charge in [-0.1, -0.05) is 30.3 Å². The number of fused-ring (bicyclic) bond motifs is 2. The van der Waals surface area contributed by atoms with Crippen molar-refractivity contribution >= 4 is 33.4 Å². The predicted octanol–water partition coefficient (Wildman–Crippen LogP) is 3.43. The van der Waals surface area contributed by atoms with Gasteiger partial charge in [0.05, 0.1) is 22.1 Å². The van der Waals surface area contributed by atoms with E-state index >= 15 is 0 Å². The molecule has 0 atom stereocenters. The standard InChI is InChI=1S/C19H20N4O2.C12H14N4O2/c24-18-11-17(22-9-5-2-6-10-22)16-12-20-14-21-19(16)23(18)25-13-15-7-3-1-4-8-15;17-11-6-10(15-4-2-1-3-5-15)9-7-13-8-14-12(9)16(11)18/h1,3-4,7-8,11-12,14H,2,5-6,9-10,13H2;6-8,18H,1-5H2. The highest BCUT2D eigenvalue weighted by Gasteiger charge is 2.19. The maximum atomic E-state index is 12.7. The Hall–Kier alpha value is -5.00. The number of nitrogens with zero attached hydrogens (tertiary/aromatic N) is 8. The molecular formula is C31H34N8O4. The average Bonchev–Trinajstić information content (AvgIpc) is 3.07. The van der Waals surface area contributed by atoms with Crippen molar-refractivity contribution in [1.82, 2.24) is 29.4 Å². The molecule has 2 saturated heterocycles. The minimum Gasteiger partial charge on any atom is -0.423 e. The van der Waals surface area contributed by atoms with Gasteiger partial charge in [0.15, 0.2) is 11.3 Å². The second-order valence-corrected chi connectivity index (χ2v) is 10.7. The van der Waals surface area contributed by atoms with Crippen LogP contribution in [0, 0.1) is 0 Å². The molecule has 12 nitrogen and oxygen atoms in total. The smallest absolute Gasteiger partial charge is 0.287 e. The SMILES string of the molecule is O=c1cc(N2CCCCC2)c2cncnc2n1O.O=c1cc(N2CCCCC2)c2cncnc2n1OCc1ccccc1. The Balaban J connectivity index is 0.000000162. The van der Waals surface area contributed by atoms with Gasteiger partial charge in [0.25, 0.3) is 11.1 Å². The van der Waals surface area contributed by atoms with E-state index in [0.29, 0.717) is 22.4 Å². The molecule has 0 bridgehead atoms. The summed E-state index contributed by atoms with van der Waals surface area (Å²) in [5.41, 5.74) is 2.83. The first-order valence-electron chi connectivity index (χ1n) is 14.7. The Morgan fingerprint density at radius 1 is 0.698 bits per heavy atom. The predicted molar refractivity (Wildman–Crippen MR) is 164 cm³/mol. The van der Waals surface area contributed by atoms with E-state index in [4.69, 9.17) is 4.84 Å². The van der Waals surface area contributed by atoms with Gasteiger partial charge in [0, 0.05) is 50.7 Å². The average molecular weight is 583 g/mol. The van der Waals surface area contributed by atoms with Crippen LogP contribution in [0.2, 0.25) is 0 Å². The Kier molecular flexibility index (Phi) is 8.43. The van der Waals surface area contributed by atoms with Gasteiger partial charge in [-0.25, -0.2) is 19.9 Å². The van der Waals surface area contributed by atoms with E-state index in [-0.39, 0.29) is 11.2 Å². The third kappa shape index (κ3) is 6.13. The number of aromatic nitrogens is 6. The monoisotopic (exact) mass is 582 g/mol. The topological polar surface area (TPSA) is 131 Å². The lowest BCUT2D eigenvalue weighted by Crippen LogP contribution is -2.33. The molecule has 2 aliphatic heterocycles. The van der Waals surface area contributed by atoms with E-state index in [2.05, 4.69) is 29.7 Å². The van der Waals surface area contributed by atoms with Crippen molar-refractivity contribution in [3.63, 3.8) is 0 Å². The van der Waals surface area contributed by atoms with Gasteiger partial charge in [0.2, 0.25) is 0 Å². The summed E-state index contributed by atoms with van der Waals surface area (Å²) in [7, 11) is 0. The van der Waals surface area contributed by atoms with Crippen molar-refractivity contribution < 1.29 is 10.0 Å². The van der Waals surface area contributed by atoms with Gasteiger partial charge < -0.3 is 19.8 Å². The number of pyridine rings is 2. The fourth-order valence-corrected chi connectivity index (χ4v) is 5.69. The highest BCUT2D eigenvalue weighted by molar-refractivity contribution is 5.89. The minimum absolute atomic E-state index is 0.206. The summed E-state index contributed by atoms with van der Waals surface area (Å²) in [4.78, 5) is 51.0. The molecule has 4 aromatic heterocycles. The van der Waals surface area contributed by atoms with Gasteiger partial charge in [-0.3, -0.25) is 9.59 Å². The van der Waals surface area contributed by atoms with Crippen LogP contribution in [0.15, 0.2) is 77.1 Å². The van der Waals surface area contributed by atoms with Crippen LogP contribution in [0.3, 0.4) is 0 Å². The Labute approximate surface area is 247 Å². The Bertz CT molecular complexity index is 1810. The van der Waals surface area contributed by atoms with E-state index in [1.807, 2.05) is 30.3 Å². The molecule has 0 aliphatic carbocycles. The summed E-state index contributed by atoms with van der Waals surface area (Å²) < 4.78 is 1.85. The maximum Gasteiger partial charge on any atom is 0.287 e. The summed E-state index contributed by atoms with van der Waals surface area (Å²) in [5.74, 6) is 0. The van der Waals surface area contributed by atoms with Crippen LogP contribution in [0.5, 0.6) is 0 Å². The van der Waals surface area contributed by atoms with Crippen LogP contribution in [-0.4, -0.2) is 60.8 Å². The molecule has 1 aromatic carbocycles. The van der Waals surface area contributed by atoms with Gasteiger partial charge in [-0.05, 0) is 44.1 Å². The minimum atomic E-state index is -0.457. The zero-order chi connectivity index (χ0) is 29.6. The zero-order valence-electron chi connectivity index (χ0n) is 23.9. The molecule has 222 valence electrons. The summed E-state index contributed by atoms with van der Waals surface area (Å²) in [6, 6.07) is 12.9. The Morgan fingerprint density at radius 3 is 1.84 bits per heavy atom. The third-order valence-corrected chi connectivity index (χ3v) is 7.85. The summed E-state index contributed by atoms with van der Waals surface area (Å²) in [6.07, 6.45) is 13.2. The first kappa shape index (κ1) is 28.1. The summed E-state index contributed by atoms with van der Waals surface area (Å²) in [6.45, 7) is 4.08. The molecule has 2 fully saturated rings. The maximum absolute atomic E-state index is 12.7. The van der Waals surface area contributed by atoms with E-state index in [1.54, 1.807) is 18.5 Å². The van der Waals surface area contributed by atoms with Gasteiger partial charge in [-0.15, -0.1) is 9.46 Å². The highest BCUT2D eigenvalue weighted by Crippen LogP contribution is 2.27. The van der Waals surface area contributed by atoms with E-state index < -0.39 is 5.56 Å². The molecule has 6 heterocycles. The number of rotatable bonds is 5. The van der Waals surface area contributed by atoms with Crippen LogP contribution in [0.1, 0.15) is 44.1 Å². The van der Waals surface area contributed by atoms with E-state index in [1.165, 1.54) is 36.3 Å². The first-order chi connectivity index (χ1) is 21.1. The van der Waals surface area contributed by atoms with E-state index in [0.717, 1.165) is 74.2 Å². The molecule has 2 aliphatic rings. The second-order valence-electron chi connectivity index (χ2n) is 10.7. The lowest BCUT2D eigenvalue weighted by molar-refractivity contribution is 0.0979. The van der Waals surface area contributed by atoms with Crippen LogP contribution < -0.4 is 25.8 Å². The fraction of sp³-hybridized carbons (Fsp3) is 0.355. The number of piperidine rings is 2. The zero-order valence-corrected chi connectivity index (χ0v) is 23.9. The molecule has 0 spiro atoms. The van der Waals surface area contributed by atoms with Crippen molar-refractivity contribution in [2.24, 2.45) is 0 Å². The van der Waals surface area contributed by atoms with Crippen LogP contribution in [0.25, 0.3) is 22.1 Å². The van der Waals surface area contributed by atoms with Crippen molar-refractivity contribution in [3.05, 3.63) is 93.8 Å². The molecule has 0 radical (unpaired) electrons. The molecule has 12 heteroatoms. The number of hydrogen-bond acceptors (Lipinski definition) is 10. The van der Waals surface area contributed by atoms with Crippen molar-refractivity contribution in [2.75, 3.05) is 36.0 Å². The molecule has 0 unspecified atom stereocenters. The van der Waals surface area contributed by atoms with Gasteiger partial charge >= 0.3 is 0 Å². The molecule has 1 N–H and O–H groups in total. The number of anilines is 2. The third-order valence-electron chi connectivity index (χ3n) is 7.85. The first-order valence-corrected chi connectivity index (χ1v) is 14.7. The van der Waals surface area contributed by atoms with Crippen molar-refractivity contribution in [1.29, 1.82) is 0 Å². The van der Waals surface area contributed by atoms with Crippen molar-refractivity contribution in [2.45, 2.75) is 45.1 Å². The summed E-state index contributed by atoms with van der Waals surface area (Å²) >= 11 is 0. The lowest BCUT2D eigenvalue weighted by atomic mass is 10.1. The second kappa shape index (κ2) is 12.9. The lowest BCUT2D eigenvalue weighted by Gasteiger charge is -2.29. The molecule has 7 rings (SSSR count). The normalized spacial score (nSPS) is 15.3. The summed E-state index contributed by atoms with van der Waals surface area (Å²) in [5, 5.41) is 11.2. The molecule has 0 saturated carbocycles. The van der Waals surface area contributed by atoms with Gasteiger partial charge in [0.1, 0.15) is 19.3 Å². The van der Waals surface area contributed by atoms with Crippen LogP contribution in [-0.2, 0) is 6.61 Å². The molecule has 5 aromatic rings. The highest BCUT2D eigenvalue weighted by atomic mass is 16.7. The molecule has 0 amide bonds. The Morgan fingerprint density at radius 2 is 1.23 bits per heavy atom. The van der Waals surface area contributed by atoms with Crippen LogP contribution >= 0.6 is 0 Å².